The molecule has 0 aliphatic carbocycles. The van der Waals surface area contributed by atoms with E-state index in [1.165, 1.54) is 12.1 Å². The molecule has 23 heavy (non-hydrogen) atoms. The number of alkyl halides is 3. The predicted octanol–water partition coefficient (Wildman–Crippen LogP) is 4.78. The smallest absolute Gasteiger partial charge is 0.416 e. The molecular weight excluding hydrogens is 305 g/mol. The molecule has 2 aromatic carbocycles. The van der Waals surface area contributed by atoms with Crippen molar-refractivity contribution in [2.75, 3.05) is 0 Å². The monoisotopic (exact) mass is 322 g/mol. The number of ether oxygens (including phenoxy) is 1. The van der Waals surface area contributed by atoms with E-state index < -0.39 is 17.7 Å². The zero-order valence-electron chi connectivity index (χ0n) is 13.1. The fourth-order valence-corrected chi connectivity index (χ4v) is 2.46. The molecule has 0 atom stereocenters. The van der Waals surface area contributed by atoms with Crippen LogP contribution in [0.4, 0.5) is 13.2 Å². The lowest BCUT2D eigenvalue weighted by atomic mass is 10.1. The lowest BCUT2D eigenvalue weighted by Crippen LogP contribution is -2.13. The van der Waals surface area contributed by atoms with Gasteiger partial charge in [-0.3, -0.25) is 4.79 Å². The molecule has 0 aliphatic rings. The number of halogens is 3. The van der Waals surface area contributed by atoms with Gasteiger partial charge in [0.15, 0.2) is 0 Å². The fraction of sp³-hybridized carbons (Fsp3) is 0.278. The Hall–Kier alpha value is -2.30. The molecule has 0 amide bonds. The van der Waals surface area contributed by atoms with Gasteiger partial charge in [0, 0.05) is 0 Å². The van der Waals surface area contributed by atoms with Gasteiger partial charge in [-0.1, -0.05) is 29.8 Å². The molecule has 122 valence electrons. The van der Waals surface area contributed by atoms with Gasteiger partial charge in [0.05, 0.1) is 12.0 Å². The van der Waals surface area contributed by atoms with Gasteiger partial charge >= 0.3 is 12.1 Å². The van der Waals surface area contributed by atoms with E-state index in [1.54, 1.807) is 0 Å². The van der Waals surface area contributed by atoms with Crippen LogP contribution in [0.2, 0.25) is 0 Å². The molecule has 0 saturated carbocycles. The third-order valence-corrected chi connectivity index (χ3v) is 3.45. The van der Waals surface area contributed by atoms with Crippen molar-refractivity contribution in [1.29, 1.82) is 0 Å². The van der Waals surface area contributed by atoms with Gasteiger partial charge in [0.25, 0.3) is 0 Å². The lowest BCUT2D eigenvalue weighted by molar-refractivity contribution is -0.137. The average Bonchev–Trinajstić information content (AvgIpc) is 2.42. The van der Waals surface area contributed by atoms with Crippen LogP contribution in [-0.4, -0.2) is 5.97 Å². The highest BCUT2D eigenvalue weighted by Crippen LogP contribution is 2.29. The SMILES string of the molecule is Cc1cc(C)c(OC(=O)Cc2ccc(C(F)(F)F)cc2)c(C)c1. The van der Waals surface area contributed by atoms with Gasteiger partial charge < -0.3 is 4.74 Å². The van der Waals surface area contributed by atoms with E-state index in [0.717, 1.165) is 28.8 Å². The number of carbonyl (C=O) groups excluding carboxylic acids is 1. The second-order valence-corrected chi connectivity index (χ2v) is 5.57. The Morgan fingerprint density at radius 1 is 1.00 bits per heavy atom. The largest absolute Gasteiger partial charge is 0.426 e. The molecule has 0 spiro atoms. The molecule has 2 aromatic rings. The molecule has 0 radical (unpaired) electrons. The van der Waals surface area contributed by atoms with Crippen molar-refractivity contribution >= 4 is 5.97 Å². The average molecular weight is 322 g/mol. The van der Waals surface area contributed by atoms with Gasteiger partial charge in [-0.05, 0) is 49.6 Å². The molecule has 0 aliphatic heterocycles. The first kappa shape index (κ1) is 17.1. The molecule has 0 saturated heterocycles. The molecular formula is C18H17F3O2. The molecule has 0 unspecified atom stereocenters. The summed E-state index contributed by atoms with van der Waals surface area (Å²) >= 11 is 0. The van der Waals surface area contributed by atoms with Crippen LogP contribution < -0.4 is 4.74 Å². The normalized spacial score (nSPS) is 11.4. The number of rotatable bonds is 3. The van der Waals surface area contributed by atoms with Crippen molar-refractivity contribution in [3.8, 4) is 5.75 Å². The van der Waals surface area contributed by atoms with Gasteiger partial charge in [-0.25, -0.2) is 0 Å². The number of aryl methyl sites for hydroxylation is 3. The number of carbonyl (C=O) groups is 1. The maximum absolute atomic E-state index is 12.5. The van der Waals surface area contributed by atoms with Crippen molar-refractivity contribution in [3.63, 3.8) is 0 Å². The number of esters is 1. The van der Waals surface area contributed by atoms with Crippen molar-refractivity contribution < 1.29 is 22.7 Å². The van der Waals surface area contributed by atoms with Crippen LogP contribution in [0, 0.1) is 20.8 Å². The Morgan fingerprint density at radius 2 is 1.52 bits per heavy atom. The molecule has 5 heteroatoms. The van der Waals surface area contributed by atoms with Crippen molar-refractivity contribution in [3.05, 3.63) is 64.2 Å². The summed E-state index contributed by atoms with van der Waals surface area (Å²) in [4.78, 5) is 12.0. The predicted molar refractivity (Wildman–Crippen MR) is 81.4 cm³/mol. The molecule has 2 nitrogen and oxygen atoms in total. The third-order valence-electron chi connectivity index (χ3n) is 3.45. The van der Waals surface area contributed by atoms with Crippen molar-refractivity contribution in [1.82, 2.24) is 0 Å². The minimum absolute atomic E-state index is 0.0785. The summed E-state index contributed by atoms with van der Waals surface area (Å²) in [5.41, 5.74) is 2.51. The van der Waals surface area contributed by atoms with Gasteiger partial charge in [-0.2, -0.15) is 13.2 Å². The summed E-state index contributed by atoms with van der Waals surface area (Å²) in [5, 5.41) is 0. The van der Waals surface area contributed by atoms with Crippen LogP contribution in [0.15, 0.2) is 36.4 Å². The third kappa shape index (κ3) is 4.34. The topological polar surface area (TPSA) is 26.3 Å². The van der Waals surface area contributed by atoms with Crippen LogP contribution >= 0.6 is 0 Å². The van der Waals surface area contributed by atoms with E-state index in [0.29, 0.717) is 11.3 Å². The Morgan fingerprint density at radius 3 is 2.00 bits per heavy atom. The van der Waals surface area contributed by atoms with Crippen LogP contribution in [0.1, 0.15) is 27.8 Å². The summed E-state index contributed by atoms with van der Waals surface area (Å²) in [6, 6.07) is 8.33. The summed E-state index contributed by atoms with van der Waals surface area (Å²) in [6.07, 6.45) is -4.46. The van der Waals surface area contributed by atoms with Crippen molar-refractivity contribution in [2.24, 2.45) is 0 Å². The van der Waals surface area contributed by atoms with Crippen LogP contribution in [0.5, 0.6) is 5.75 Å². The minimum atomic E-state index is -4.38. The first-order chi connectivity index (χ1) is 10.7. The molecule has 2 rings (SSSR count). The highest BCUT2D eigenvalue weighted by Gasteiger charge is 2.30. The Balaban J connectivity index is 2.08. The van der Waals surface area contributed by atoms with Crippen molar-refractivity contribution in [2.45, 2.75) is 33.4 Å². The molecule has 0 fully saturated rings. The first-order valence-electron chi connectivity index (χ1n) is 7.11. The summed E-state index contributed by atoms with van der Waals surface area (Å²) in [6.45, 7) is 5.65. The number of hydrogen-bond acceptors (Lipinski definition) is 2. The van der Waals surface area contributed by atoms with E-state index in [4.69, 9.17) is 4.74 Å². The standard InChI is InChI=1S/C18H17F3O2/c1-11-8-12(2)17(13(3)9-11)23-16(22)10-14-4-6-15(7-5-14)18(19,20)21/h4-9H,10H2,1-3H3. The van der Waals surface area contributed by atoms with Crippen LogP contribution in [-0.2, 0) is 17.4 Å². The maximum atomic E-state index is 12.5. The summed E-state index contributed by atoms with van der Waals surface area (Å²) in [7, 11) is 0. The fourth-order valence-electron chi connectivity index (χ4n) is 2.46. The maximum Gasteiger partial charge on any atom is 0.416 e. The lowest BCUT2D eigenvalue weighted by Gasteiger charge is -2.12. The quantitative estimate of drug-likeness (QED) is 0.600. The van der Waals surface area contributed by atoms with E-state index in [-0.39, 0.29) is 6.42 Å². The molecule has 0 heterocycles. The van der Waals surface area contributed by atoms with Gasteiger partial charge in [0.1, 0.15) is 5.75 Å². The first-order valence-corrected chi connectivity index (χ1v) is 7.11. The van der Waals surface area contributed by atoms with E-state index >= 15 is 0 Å². The number of benzene rings is 2. The Kier molecular flexibility index (Phi) is 4.78. The van der Waals surface area contributed by atoms with Gasteiger partial charge in [0.2, 0.25) is 0 Å². The molecule has 0 bridgehead atoms. The van der Waals surface area contributed by atoms with E-state index in [1.807, 2.05) is 32.9 Å². The zero-order valence-corrected chi connectivity index (χ0v) is 13.1. The second kappa shape index (κ2) is 6.44. The highest BCUT2D eigenvalue weighted by atomic mass is 19.4. The van der Waals surface area contributed by atoms with E-state index in [2.05, 4.69) is 0 Å². The molecule has 0 N–H and O–H groups in total. The van der Waals surface area contributed by atoms with Crippen LogP contribution in [0.25, 0.3) is 0 Å². The zero-order chi connectivity index (χ0) is 17.2. The summed E-state index contributed by atoms with van der Waals surface area (Å²) < 4.78 is 42.9. The second-order valence-electron chi connectivity index (χ2n) is 5.57. The molecule has 0 aromatic heterocycles. The Bertz CT molecular complexity index is 693. The van der Waals surface area contributed by atoms with Crippen LogP contribution in [0.3, 0.4) is 0 Å². The number of hydrogen-bond donors (Lipinski definition) is 0. The summed E-state index contributed by atoms with van der Waals surface area (Å²) in [5.74, 6) is 0.00678. The highest BCUT2D eigenvalue weighted by molar-refractivity contribution is 5.76. The Labute approximate surface area is 132 Å². The van der Waals surface area contributed by atoms with Gasteiger partial charge in [-0.15, -0.1) is 0 Å². The van der Waals surface area contributed by atoms with E-state index in [9.17, 15) is 18.0 Å². The minimum Gasteiger partial charge on any atom is -0.426 e.